The van der Waals surface area contributed by atoms with E-state index in [9.17, 15) is 8.42 Å². The van der Waals surface area contributed by atoms with E-state index in [1.54, 1.807) is 0 Å². The van der Waals surface area contributed by atoms with Crippen molar-refractivity contribution in [1.82, 2.24) is 21.8 Å². The molecule has 2 aliphatic heterocycles. The van der Waals surface area contributed by atoms with Gasteiger partial charge in [0.25, 0.3) is 0 Å². The molecule has 4 rings (SSSR count). The van der Waals surface area contributed by atoms with Crippen LogP contribution in [0.3, 0.4) is 0 Å². The number of hydrogen-bond acceptors (Lipinski definition) is 8. The second-order valence-corrected chi connectivity index (χ2v) is 10.6. The fourth-order valence-electron chi connectivity index (χ4n) is 5.30. The summed E-state index contributed by atoms with van der Waals surface area (Å²) in [6.07, 6.45) is 7.99. The lowest BCUT2D eigenvalue weighted by molar-refractivity contribution is 0.332. The van der Waals surface area contributed by atoms with E-state index in [1.807, 2.05) is 6.07 Å². The maximum absolute atomic E-state index is 12.8. The molecule has 0 amide bonds. The summed E-state index contributed by atoms with van der Waals surface area (Å²) in [5, 5.41) is 13.4. The molecule has 2 heterocycles. The van der Waals surface area contributed by atoms with Crippen LogP contribution in [0, 0.1) is 11.8 Å². The summed E-state index contributed by atoms with van der Waals surface area (Å²) < 4.78 is 25.7. The van der Waals surface area contributed by atoms with Gasteiger partial charge < -0.3 is 11.1 Å². The molecule has 172 valence electrons. The van der Waals surface area contributed by atoms with Crippen LogP contribution in [-0.2, 0) is 16.4 Å². The van der Waals surface area contributed by atoms with Crippen molar-refractivity contribution in [3.63, 3.8) is 0 Å². The molecule has 0 aromatic heterocycles. The number of hydrogen-bond donors (Lipinski definition) is 6. The first kappa shape index (κ1) is 22.5. The number of amidine groups is 1. The lowest BCUT2D eigenvalue weighted by atomic mass is 9.77. The van der Waals surface area contributed by atoms with Gasteiger partial charge in [-0.25, -0.2) is 19.1 Å². The third-order valence-electron chi connectivity index (χ3n) is 7.10. The summed E-state index contributed by atoms with van der Waals surface area (Å²) in [6, 6.07) is 4.07. The van der Waals surface area contributed by atoms with E-state index in [0.29, 0.717) is 36.2 Å². The Kier molecular flexibility index (Phi) is 7.12. The van der Waals surface area contributed by atoms with E-state index in [2.05, 4.69) is 33.0 Å². The van der Waals surface area contributed by atoms with Gasteiger partial charge in [0.1, 0.15) is 0 Å². The fraction of sp³-hybridized carbons (Fsp3) is 0.667. The topological polar surface area (TPSA) is 147 Å². The minimum Gasteiger partial charge on any atom is -0.330 e. The number of hydrazone groups is 1. The highest BCUT2D eigenvalue weighted by Gasteiger charge is 2.31. The fourth-order valence-corrected chi connectivity index (χ4v) is 6.34. The maximum atomic E-state index is 12.8. The Hall–Kier alpha value is -1.72. The smallest absolute Gasteiger partial charge is 0.239 e. The predicted octanol–water partition coefficient (Wildman–Crippen LogP) is 0.773. The summed E-state index contributed by atoms with van der Waals surface area (Å²) in [6.45, 7) is 2.76. The molecule has 1 aromatic rings. The highest BCUT2D eigenvalue weighted by atomic mass is 32.2. The van der Waals surface area contributed by atoms with E-state index >= 15 is 0 Å². The molecule has 10 heteroatoms. The van der Waals surface area contributed by atoms with Crippen LogP contribution in [0.1, 0.15) is 67.6 Å². The van der Waals surface area contributed by atoms with Crippen LogP contribution in [0.5, 0.6) is 0 Å². The number of nitrogens with one attached hydrogen (secondary N) is 4. The van der Waals surface area contributed by atoms with Gasteiger partial charge >= 0.3 is 0 Å². The highest BCUT2D eigenvalue weighted by molar-refractivity contribution is 7.89. The quantitative estimate of drug-likeness (QED) is 0.360. The number of primary sulfonamides is 1. The van der Waals surface area contributed by atoms with Crippen LogP contribution in [0.4, 0.5) is 0 Å². The molecular formula is C21H35N7O2S. The summed E-state index contributed by atoms with van der Waals surface area (Å²) in [7, 11) is -3.94. The van der Waals surface area contributed by atoms with Crippen LogP contribution in [-0.4, -0.2) is 33.9 Å². The van der Waals surface area contributed by atoms with Crippen LogP contribution < -0.4 is 32.7 Å². The average molecular weight is 450 g/mol. The molecule has 1 saturated carbocycles. The van der Waals surface area contributed by atoms with E-state index < -0.39 is 10.0 Å². The van der Waals surface area contributed by atoms with Gasteiger partial charge in [-0.3, -0.25) is 5.43 Å². The van der Waals surface area contributed by atoms with Crippen molar-refractivity contribution in [2.45, 2.75) is 62.2 Å². The van der Waals surface area contributed by atoms with Crippen molar-refractivity contribution in [3.8, 4) is 0 Å². The van der Waals surface area contributed by atoms with Gasteiger partial charge in [0, 0.05) is 5.56 Å². The summed E-state index contributed by atoms with van der Waals surface area (Å²) in [5.74, 6) is 1.90. The van der Waals surface area contributed by atoms with Crippen LogP contribution in [0.2, 0.25) is 0 Å². The van der Waals surface area contributed by atoms with Gasteiger partial charge in [-0.15, -0.1) is 10.6 Å². The SMILES string of the molecule is NCC1CCC(c2ccc(CCC3CCNCC3)c(S(N)(=O)=O)c2C2=NNNN2)CC1. The molecule has 0 spiro atoms. The van der Waals surface area contributed by atoms with Gasteiger partial charge in [-0.1, -0.05) is 12.1 Å². The molecule has 1 aromatic carbocycles. The highest BCUT2D eigenvalue weighted by Crippen LogP contribution is 2.39. The third kappa shape index (κ3) is 5.20. The van der Waals surface area contributed by atoms with Crippen molar-refractivity contribution < 1.29 is 8.42 Å². The Balaban J connectivity index is 1.70. The Morgan fingerprint density at radius 3 is 2.39 bits per heavy atom. The van der Waals surface area contributed by atoms with Crippen molar-refractivity contribution in [2.24, 2.45) is 27.8 Å². The summed E-state index contributed by atoms with van der Waals surface area (Å²) in [4.78, 5) is 0.219. The number of nitrogens with zero attached hydrogens (tertiary/aromatic N) is 1. The zero-order valence-electron chi connectivity index (χ0n) is 18.0. The van der Waals surface area contributed by atoms with Gasteiger partial charge in [0.2, 0.25) is 10.0 Å². The third-order valence-corrected chi connectivity index (χ3v) is 8.13. The van der Waals surface area contributed by atoms with Gasteiger partial charge in [0.15, 0.2) is 5.84 Å². The van der Waals surface area contributed by atoms with Crippen molar-refractivity contribution >= 4 is 15.9 Å². The predicted molar refractivity (Wildman–Crippen MR) is 121 cm³/mol. The molecule has 1 saturated heterocycles. The summed E-state index contributed by atoms with van der Waals surface area (Å²) in [5.41, 5.74) is 16.6. The number of sulfonamides is 1. The Morgan fingerprint density at radius 1 is 1.03 bits per heavy atom. The monoisotopic (exact) mass is 449 g/mol. The van der Waals surface area contributed by atoms with Gasteiger partial charge in [0.05, 0.1) is 4.90 Å². The minimum absolute atomic E-state index is 0.219. The van der Waals surface area contributed by atoms with Crippen molar-refractivity contribution in [2.75, 3.05) is 19.6 Å². The number of benzene rings is 1. The molecule has 0 unspecified atom stereocenters. The second-order valence-electron chi connectivity index (χ2n) is 9.07. The second kappa shape index (κ2) is 9.83. The standard InChI is InChI=1S/C21H35N7O2S/c22-13-15-2-4-16(5-3-15)18-8-7-17(6-1-14-9-11-24-12-10-14)20(31(23,29)30)19(18)21-25-27-28-26-21/h7-8,14-16,24,27-28H,1-6,9-13,22H2,(H,25,26)(H2,23,29,30). The molecule has 9 nitrogen and oxygen atoms in total. The zero-order valence-corrected chi connectivity index (χ0v) is 18.8. The van der Waals surface area contributed by atoms with Crippen LogP contribution in [0.15, 0.2) is 22.1 Å². The van der Waals surface area contributed by atoms with Gasteiger partial charge in [-0.05, 0) is 99.9 Å². The molecule has 0 radical (unpaired) electrons. The first-order chi connectivity index (χ1) is 15.0. The number of piperidine rings is 1. The lowest BCUT2D eigenvalue weighted by Gasteiger charge is -2.30. The van der Waals surface area contributed by atoms with E-state index in [0.717, 1.165) is 69.2 Å². The molecule has 2 fully saturated rings. The maximum Gasteiger partial charge on any atom is 0.239 e. The minimum atomic E-state index is -3.94. The molecule has 31 heavy (non-hydrogen) atoms. The molecular weight excluding hydrogens is 414 g/mol. The number of rotatable bonds is 7. The Bertz CT molecular complexity index is 905. The van der Waals surface area contributed by atoms with Gasteiger partial charge in [-0.2, -0.15) is 0 Å². The number of hydrazine groups is 2. The molecule has 8 N–H and O–H groups in total. The molecule has 1 aliphatic carbocycles. The summed E-state index contributed by atoms with van der Waals surface area (Å²) >= 11 is 0. The van der Waals surface area contributed by atoms with Crippen molar-refractivity contribution in [1.29, 1.82) is 0 Å². The Morgan fingerprint density at radius 2 is 1.77 bits per heavy atom. The van der Waals surface area contributed by atoms with Crippen LogP contribution in [0.25, 0.3) is 0 Å². The molecule has 3 aliphatic rings. The average Bonchev–Trinajstić information content (AvgIpc) is 3.32. The van der Waals surface area contributed by atoms with E-state index in [-0.39, 0.29) is 10.8 Å². The van der Waals surface area contributed by atoms with Crippen molar-refractivity contribution in [3.05, 3.63) is 28.8 Å². The number of aryl methyl sites for hydroxylation is 1. The first-order valence-corrected chi connectivity index (χ1v) is 13.0. The number of nitrogens with two attached hydrogens (primary N) is 2. The first-order valence-electron chi connectivity index (χ1n) is 11.4. The van der Waals surface area contributed by atoms with E-state index in [1.165, 1.54) is 0 Å². The van der Waals surface area contributed by atoms with Crippen LogP contribution >= 0.6 is 0 Å². The largest absolute Gasteiger partial charge is 0.330 e. The molecule has 0 bridgehead atoms. The normalized spacial score (nSPS) is 25.0. The Labute approximate surface area is 184 Å². The zero-order chi connectivity index (χ0) is 21.8. The van der Waals surface area contributed by atoms with E-state index in [4.69, 9.17) is 10.9 Å². The lowest BCUT2D eigenvalue weighted by Crippen LogP contribution is -2.37. The molecule has 0 atom stereocenters.